The maximum atomic E-state index is 16.9. The second-order valence-electron chi connectivity index (χ2n) is 14.9. The second kappa shape index (κ2) is 10.8. The summed E-state index contributed by atoms with van der Waals surface area (Å²) in [6.07, 6.45) is 15.5. The van der Waals surface area contributed by atoms with Crippen molar-refractivity contribution in [1.29, 1.82) is 0 Å². The second-order valence-corrected chi connectivity index (χ2v) is 14.9. The zero-order chi connectivity index (χ0) is 31.9. The molecule has 0 radical (unpaired) electrons. The van der Waals surface area contributed by atoms with Gasteiger partial charge in [0.2, 0.25) is 0 Å². The standard InChI is InChI=1S/C38H39F2N5O2/c1-2-23-4-3-5-24-16-27(46)17-28(31(23)24)32-30(39)18-29-34(33(32)40)42-36(43-35(29)45-19-25-6-7-26(20-45)41-25)47-22-38(10-11-38)21-44-14-12-37(8-9-37)13-15-44/h1,3-5,16-18,25-26,41,46H,6-15,19-22H2. The molecule has 0 amide bonds. The Morgan fingerprint density at radius 2 is 1.77 bits per heavy atom. The van der Waals surface area contributed by atoms with E-state index in [-0.39, 0.29) is 33.8 Å². The van der Waals surface area contributed by atoms with Crippen LogP contribution in [0.15, 0.2) is 36.4 Å². The maximum absolute atomic E-state index is 16.9. The fourth-order valence-corrected chi connectivity index (χ4v) is 8.49. The number of aromatic hydroxyl groups is 1. The topological polar surface area (TPSA) is 73.8 Å². The molecule has 2 saturated carbocycles. The van der Waals surface area contributed by atoms with Gasteiger partial charge in [-0.25, -0.2) is 8.78 Å². The lowest BCUT2D eigenvalue weighted by Gasteiger charge is -2.35. The number of phenolic OH excluding ortho intramolecular Hbond substituents is 1. The Hall–Kier alpha value is -4.00. The van der Waals surface area contributed by atoms with Crippen molar-refractivity contribution in [2.24, 2.45) is 10.8 Å². The highest BCUT2D eigenvalue weighted by molar-refractivity contribution is 6.04. The zero-order valence-corrected chi connectivity index (χ0v) is 26.5. The summed E-state index contributed by atoms with van der Waals surface area (Å²) < 4.78 is 39.6. The Balaban J connectivity index is 1.11. The van der Waals surface area contributed by atoms with E-state index >= 15 is 8.78 Å². The third kappa shape index (κ3) is 5.17. The van der Waals surface area contributed by atoms with Gasteiger partial charge in [-0.05, 0) is 99.5 Å². The number of piperazine rings is 1. The van der Waals surface area contributed by atoms with Gasteiger partial charge in [-0.15, -0.1) is 6.42 Å². The number of benzene rings is 3. The lowest BCUT2D eigenvalue weighted by molar-refractivity contribution is 0.115. The molecular formula is C38H39F2N5O2. The number of anilines is 1. The lowest BCUT2D eigenvalue weighted by Crippen LogP contribution is -2.51. The van der Waals surface area contributed by atoms with Crippen LogP contribution >= 0.6 is 0 Å². The van der Waals surface area contributed by atoms with Crippen LogP contribution in [0.1, 0.15) is 56.9 Å². The molecule has 5 fully saturated rings. The molecule has 2 N–H and O–H groups in total. The first-order valence-corrected chi connectivity index (χ1v) is 17.1. The van der Waals surface area contributed by atoms with Gasteiger partial charge in [0.05, 0.1) is 12.2 Å². The van der Waals surface area contributed by atoms with Crippen molar-refractivity contribution in [2.45, 2.75) is 63.5 Å². The van der Waals surface area contributed by atoms with E-state index in [2.05, 4.69) is 26.0 Å². The largest absolute Gasteiger partial charge is 0.508 e. The number of nitrogens with zero attached hydrogens (tertiary/aromatic N) is 4. The molecule has 47 heavy (non-hydrogen) atoms. The number of ether oxygens (including phenoxy) is 1. The lowest BCUT2D eigenvalue weighted by atomic mass is 9.93. The van der Waals surface area contributed by atoms with Crippen molar-refractivity contribution < 1.29 is 18.6 Å². The summed E-state index contributed by atoms with van der Waals surface area (Å²) in [5.74, 6) is 1.43. The number of nitrogens with one attached hydrogen (secondary N) is 1. The number of fused-ring (bicyclic) bond motifs is 4. The van der Waals surface area contributed by atoms with Crippen molar-refractivity contribution in [3.05, 3.63) is 53.6 Å². The smallest absolute Gasteiger partial charge is 0.319 e. The van der Waals surface area contributed by atoms with Gasteiger partial charge in [-0.2, -0.15) is 9.97 Å². The van der Waals surface area contributed by atoms with Gasteiger partial charge in [0.15, 0.2) is 5.82 Å². The Morgan fingerprint density at radius 1 is 1.00 bits per heavy atom. The zero-order valence-electron chi connectivity index (χ0n) is 26.5. The van der Waals surface area contributed by atoms with Gasteiger partial charge < -0.3 is 25.0 Å². The summed E-state index contributed by atoms with van der Waals surface area (Å²) in [5, 5.41) is 15.6. The van der Waals surface area contributed by atoms with E-state index in [1.165, 1.54) is 37.8 Å². The average Bonchev–Trinajstić information content (AvgIpc) is 3.99. The number of phenols is 1. The van der Waals surface area contributed by atoms with Crippen molar-refractivity contribution in [1.82, 2.24) is 20.2 Å². The number of aromatic nitrogens is 2. The first kappa shape index (κ1) is 29.2. The fourth-order valence-electron chi connectivity index (χ4n) is 8.49. The summed E-state index contributed by atoms with van der Waals surface area (Å²) in [5.41, 5.74) is 1.07. The Morgan fingerprint density at radius 3 is 2.47 bits per heavy atom. The predicted octanol–water partition coefficient (Wildman–Crippen LogP) is 6.39. The number of hydrogen-bond donors (Lipinski definition) is 2. The minimum atomic E-state index is -0.825. The molecule has 242 valence electrons. The van der Waals surface area contributed by atoms with Crippen molar-refractivity contribution in [2.75, 3.05) is 44.2 Å². The van der Waals surface area contributed by atoms with E-state index in [1.54, 1.807) is 24.3 Å². The van der Waals surface area contributed by atoms with Crippen LogP contribution in [-0.2, 0) is 0 Å². The summed E-state index contributed by atoms with van der Waals surface area (Å²) in [4.78, 5) is 14.2. The van der Waals surface area contributed by atoms with E-state index in [4.69, 9.17) is 16.1 Å². The summed E-state index contributed by atoms with van der Waals surface area (Å²) in [6.45, 7) is 5.14. The highest BCUT2D eigenvalue weighted by atomic mass is 19.1. The molecule has 7 nitrogen and oxygen atoms in total. The Bertz CT molecular complexity index is 1940. The van der Waals surface area contributed by atoms with Gasteiger partial charge in [0, 0.05) is 59.0 Å². The molecule has 5 aliphatic rings. The van der Waals surface area contributed by atoms with Crippen LogP contribution in [0.5, 0.6) is 11.8 Å². The van der Waals surface area contributed by atoms with Gasteiger partial charge in [-0.1, -0.05) is 18.1 Å². The van der Waals surface area contributed by atoms with Gasteiger partial charge in [0.25, 0.3) is 0 Å². The third-order valence-electron chi connectivity index (χ3n) is 11.6. The van der Waals surface area contributed by atoms with E-state index < -0.39 is 11.6 Å². The molecule has 9 rings (SSSR count). The van der Waals surface area contributed by atoms with Crippen LogP contribution in [0.3, 0.4) is 0 Å². The van der Waals surface area contributed by atoms with E-state index in [1.807, 2.05) is 0 Å². The van der Waals surface area contributed by atoms with E-state index in [0.29, 0.717) is 64.7 Å². The van der Waals surface area contributed by atoms with Crippen LogP contribution in [0.4, 0.5) is 14.6 Å². The minimum absolute atomic E-state index is 0.00225. The summed E-state index contributed by atoms with van der Waals surface area (Å²) in [6, 6.07) is 10.2. The van der Waals surface area contributed by atoms with Crippen LogP contribution in [0.2, 0.25) is 0 Å². The third-order valence-corrected chi connectivity index (χ3v) is 11.6. The molecule has 2 bridgehead atoms. The SMILES string of the molecule is C#Cc1cccc2cc(O)cc(-c3c(F)cc4c(N5CC6CCC(C5)N6)nc(OCC5(CN6CCC7(CC6)CC7)CC5)nc4c3F)c12. The highest BCUT2D eigenvalue weighted by Crippen LogP contribution is 2.55. The number of likely N-dealkylation sites (tertiary alicyclic amines) is 1. The number of terminal acetylenes is 1. The average molecular weight is 636 g/mol. The first-order valence-electron chi connectivity index (χ1n) is 17.1. The monoisotopic (exact) mass is 635 g/mol. The Labute approximate surface area is 273 Å². The number of rotatable bonds is 7. The summed E-state index contributed by atoms with van der Waals surface area (Å²) >= 11 is 0. The van der Waals surface area contributed by atoms with Crippen LogP contribution in [0, 0.1) is 34.8 Å². The van der Waals surface area contributed by atoms with Crippen molar-refractivity contribution in [3.63, 3.8) is 0 Å². The van der Waals surface area contributed by atoms with Crippen molar-refractivity contribution in [3.8, 4) is 35.2 Å². The van der Waals surface area contributed by atoms with E-state index in [9.17, 15) is 5.11 Å². The molecule has 3 saturated heterocycles. The maximum Gasteiger partial charge on any atom is 0.319 e. The number of hydrogen-bond acceptors (Lipinski definition) is 7. The molecule has 2 atom stereocenters. The van der Waals surface area contributed by atoms with E-state index in [0.717, 1.165) is 45.3 Å². The number of piperidine rings is 1. The molecule has 1 spiro atoms. The Kier molecular flexibility index (Phi) is 6.68. The molecule has 1 aromatic heterocycles. The van der Waals surface area contributed by atoms with Crippen LogP contribution in [0.25, 0.3) is 32.8 Å². The molecule has 3 aromatic carbocycles. The predicted molar refractivity (Wildman–Crippen MR) is 179 cm³/mol. The molecule has 2 aliphatic carbocycles. The quantitative estimate of drug-likeness (QED) is 0.228. The summed E-state index contributed by atoms with van der Waals surface area (Å²) in [7, 11) is 0. The normalized spacial score (nSPS) is 24.1. The van der Waals surface area contributed by atoms with Crippen molar-refractivity contribution >= 4 is 27.5 Å². The van der Waals surface area contributed by atoms with Gasteiger partial charge >= 0.3 is 6.01 Å². The van der Waals surface area contributed by atoms with Gasteiger partial charge in [0.1, 0.15) is 22.9 Å². The fraction of sp³-hybridized carbons (Fsp3) is 0.474. The first-order chi connectivity index (χ1) is 22.8. The molecule has 3 aliphatic heterocycles. The molecule has 4 aromatic rings. The molecular weight excluding hydrogens is 596 g/mol. The molecule has 4 heterocycles. The minimum Gasteiger partial charge on any atom is -0.508 e. The highest BCUT2D eigenvalue weighted by Gasteiger charge is 2.49. The number of halogens is 2. The van der Waals surface area contributed by atoms with Crippen LogP contribution in [-0.4, -0.2) is 71.4 Å². The van der Waals surface area contributed by atoms with Gasteiger partial charge in [-0.3, -0.25) is 0 Å². The molecule has 2 unspecified atom stereocenters. The molecule has 9 heteroatoms. The van der Waals surface area contributed by atoms with Crippen LogP contribution < -0.4 is 15.0 Å².